The van der Waals surface area contributed by atoms with E-state index < -0.39 is 23.3 Å². The summed E-state index contributed by atoms with van der Waals surface area (Å²) in [5.74, 6) is -2.78. The molecule has 1 unspecified atom stereocenters. The van der Waals surface area contributed by atoms with E-state index in [1.54, 1.807) is 12.1 Å². The van der Waals surface area contributed by atoms with Crippen LogP contribution < -0.4 is 5.32 Å². The molecule has 2 aromatic carbocycles. The van der Waals surface area contributed by atoms with Crippen molar-refractivity contribution < 1.29 is 23.8 Å². The second kappa shape index (κ2) is 6.47. The molecule has 6 heteroatoms. The third kappa shape index (κ3) is 3.04. The van der Waals surface area contributed by atoms with E-state index in [0.29, 0.717) is 18.4 Å². The number of hydrogen-bond acceptors (Lipinski definition) is 3. The SMILES string of the molecule is O=C(NCCc1c(F)cc(O)cc1F)C1CCc2cccc(O)c21. The molecule has 1 aliphatic rings. The van der Waals surface area contributed by atoms with E-state index in [4.69, 9.17) is 5.11 Å². The minimum absolute atomic E-state index is 0.0238. The lowest BCUT2D eigenvalue weighted by Crippen LogP contribution is -2.30. The fourth-order valence-electron chi connectivity index (χ4n) is 3.19. The number of halogens is 2. The summed E-state index contributed by atoms with van der Waals surface area (Å²) in [6.07, 6.45) is 1.29. The van der Waals surface area contributed by atoms with Gasteiger partial charge in [-0.25, -0.2) is 8.78 Å². The normalized spacial score (nSPS) is 16.0. The van der Waals surface area contributed by atoms with E-state index in [1.807, 2.05) is 6.07 Å². The number of benzene rings is 2. The minimum atomic E-state index is -0.842. The number of fused-ring (bicyclic) bond motifs is 1. The molecule has 0 spiro atoms. The number of rotatable bonds is 4. The van der Waals surface area contributed by atoms with Crippen molar-refractivity contribution in [3.05, 3.63) is 58.7 Å². The van der Waals surface area contributed by atoms with Gasteiger partial charge < -0.3 is 15.5 Å². The second-order valence-electron chi connectivity index (χ2n) is 5.87. The number of nitrogens with one attached hydrogen (secondary N) is 1. The maximum atomic E-state index is 13.6. The molecular weight excluding hydrogens is 316 g/mol. The van der Waals surface area contributed by atoms with Crippen LogP contribution in [0.1, 0.15) is 29.0 Å². The summed E-state index contributed by atoms with van der Waals surface area (Å²) >= 11 is 0. The average Bonchev–Trinajstić information content (AvgIpc) is 2.95. The molecule has 1 aliphatic carbocycles. The zero-order valence-electron chi connectivity index (χ0n) is 12.9. The van der Waals surface area contributed by atoms with Crippen LogP contribution in [-0.4, -0.2) is 22.7 Å². The summed E-state index contributed by atoms with van der Waals surface area (Å²) in [6, 6.07) is 6.84. The number of phenolic OH excluding ortho intramolecular Hbond substituents is 2. The summed E-state index contributed by atoms with van der Waals surface area (Å²) in [5.41, 5.74) is 1.41. The van der Waals surface area contributed by atoms with Crippen LogP contribution in [0.25, 0.3) is 0 Å². The number of amides is 1. The van der Waals surface area contributed by atoms with Crippen molar-refractivity contribution in [2.45, 2.75) is 25.2 Å². The molecule has 1 atom stereocenters. The Labute approximate surface area is 137 Å². The van der Waals surface area contributed by atoms with Crippen molar-refractivity contribution in [1.82, 2.24) is 5.32 Å². The molecule has 0 heterocycles. The van der Waals surface area contributed by atoms with Crippen molar-refractivity contribution in [3.63, 3.8) is 0 Å². The number of carbonyl (C=O) groups excluding carboxylic acids is 1. The Bertz CT molecular complexity index is 769. The highest BCUT2D eigenvalue weighted by Gasteiger charge is 2.30. The lowest BCUT2D eigenvalue weighted by atomic mass is 9.99. The molecule has 0 radical (unpaired) electrons. The third-order valence-electron chi connectivity index (χ3n) is 4.34. The van der Waals surface area contributed by atoms with Crippen LogP contribution in [-0.2, 0) is 17.6 Å². The fraction of sp³-hybridized carbons (Fsp3) is 0.278. The molecule has 2 aromatic rings. The summed E-state index contributed by atoms with van der Waals surface area (Å²) < 4.78 is 27.3. The maximum Gasteiger partial charge on any atom is 0.227 e. The smallest absolute Gasteiger partial charge is 0.227 e. The van der Waals surface area contributed by atoms with Crippen LogP contribution in [0.5, 0.6) is 11.5 Å². The first-order valence-corrected chi connectivity index (χ1v) is 7.72. The number of aromatic hydroxyl groups is 2. The van der Waals surface area contributed by atoms with Gasteiger partial charge in [0, 0.05) is 29.8 Å². The van der Waals surface area contributed by atoms with Gasteiger partial charge in [-0.1, -0.05) is 12.1 Å². The molecule has 4 nitrogen and oxygen atoms in total. The summed E-state index contributed by atoms with van der Waals surface area (Å²) in [7, 11) is 0. The van der Waals surface area contributed by atoms with E-state index in [0.717, 1.165) is 17.7 Å². The lowest BCUT2D eigenvalue weighted by molar-refractivity contribution is -0.122. The molecule has 3 N–H and O–H groups in total. The zero-order valence-corrected chi connectivity index (χ0v) is 12.9. The van der Waals surface area contributed by atoms with Crippen molar-refractivity contribution in [2.75, 3.05) is 6.54 Å². The highest BCUT2D eigenvalue weighted by Crippen LogP contribution is 2.38. The number of phenols is 2. The first-order chi connectivity index (χ1) is 11.5. The number of hydrogen-bond donors (Lipinski definition) is 3. The number of aryl methyl sites for hydroxylation is 1. The quantitative estimate of drug-likeness (QED) is 0.806. The standard InChI is InChI=1S/C18H17F2NO3/c19-14-8-11(22)9-15(20)12(14)6-7-21-18(24)13-5-4-10-2-1-3-16(23)17(10)13/h1-3,8-9,13,22-23H,4-7H2,(H,21,24). The van der Waals surface area contributed by atoms with Gasteiger partial charge in [-0.05, 0) is 30.9 Å². The van der Waals surface area contributed by atoms with Crippen molar-refractivity contribution >= 4 is 5.91 Å². The van der Waals surface area contributed by atoms with Gasteiger partial charge in [0.05, 0.1) is 5.92 Å². The van der Waals surface area contributed by atoms with E-state index in [2.05, 4.69) is 5.32 Å². The molecule has 24 heavy (non-hydrogen) atoms. The van der Waals surface area contributed by atoms with Gasteiger partial charge in [0.1, 0.15) is 23.1 Å². The predicted octanol–water partition coefficient (Wildman–Crippen LogP) is 2.76. The van der Waals surface area contributed by atoms with Crippen molar-refractivity contribution in [3.8, 4) is 11.5 Å². The zero-order chi connectivity index (χ0) is 17.3. The topological polar surface area (TPSA) is 69.6 Å². The predicted molar refractivity (Wildman–Crippen MR) is 83.9 cm³/mol. The van der Waals surface area contributed by atoms with Crippen LogP contribution in [0.15, 0.2) is 30.3 Å². The largest absolute Gasteiger partial charge is 0.508 e. The molecule has 0 saturated carbocycles. The molecule has 0 fully saturated rings. The number of carbonyl (C=O) groups is 1. The minimum Gasteiger partial charge on any atom is -0.508 e. The van der Waals surface area contributed by atoms with Gasteiger partial charge >= 0.3 is 0 Å². The molecule has 126 valence electrons. The van der Waals surface area contributed by atoms with E-state index >= 15 is 0 Å². The summed E-state index contributed by atoms with van der Waals surface area (Å²) in [4.78, 5) is 12.3. The molecule has 0 aromatic heterocycles. The monoisotopic (exact) mass is 333 g/mol. The molecule has 0 aliphatic heterocycles. The first-order valence-electron chi connectivity index (χ1n) is 7.72. The second-order valence-corrected chi connectivity index (χ2v) is 5.87. The lowest BCUT2D eigenvalue weighted by Gasteiger charge is -2.14. The molecular formula is C18H17F2NO3. The van der Waals surface area contributed by atoms with Crippen molar-refractivity contribution in [1.29, 1.82) is 0 Å². The van der Waals surface area contributed by atoms with Gasteiger partial charge in [-0.15, -0.1) is 0 Å². The first kappa shape index (κ1) is 16.2. The third-order valence-corrected chi connectivity index (χ3v) is 4.34. The van der Waals surface area contributed by atoms with Crippen LogP contribution in [0.4, 0.5) is 8.78 Å². The van der Waals surface area contributed by atoms with E-state index in [1.165, 1.54) is 0 Å². The van der Waals surface area contributed by atoms with E-state index in [9.17, 15) is 18.7 Å². The van der Waals surface area contributed by atoms with Crippen LogP contribution in [0, 0.1) is 11.6 Å². The molecule has 1 amide bonds. The average molecular weight is 333 g/mol. The van der Waals surface area contributed by atoms with Crippen molar-refractivity contribution in [2.24, 2.45) is 0 Å². The maximum absolute atomic E-state index is 13.6. The van der Waals surface area contributed by atoms with Gasteiger partial charge in [0.25, 0.3) is 0 Å². The Morgan fingerprint density at radius 3 is 2.62 bits per heavy atom. The Balaban J connectivity index is 1.64. The Morgan fingerprint density at radius 1 is 1.21 bits per heavy atom. The molecule has 0 saturated heterocycles. The van der Waals surface area contributed by atoms with Gasteiger partial charge in [0.2, 0.25) is 5.91 Å². The van der Waals surface area contributed by atoms with Crippen LogP contribution >= 0.6 is 0 Å². The Kier molecular flexibility index (Phi) is 4.38. The van der Waals surface area contributed by atoms with Crippen LogP contribution in [0.3, 0.4) is 0 Å². The van der Waals surface area contributed by atoms with Gasteiger partial charge in [0.15, 0.2) is 0 Å². The molecule has 0 bridgehead atoms. The highest BCUT2D eigenvalue weighted by atomic mass is 19.1. The van der Waals surface area contributed by atoms with Gasteiger partial charge in [-0.3, -0.25) is 4.79 Å². The Morgan fingerprint density at radius 2 is 1.92 bits per heavy atom. The summed E-state index contributed by atoms with van der Waals surface area (Å²) in [5, 5.41) is 21.7. The van der Waals surface area contributed by atoms with Gasteiger partial charge in [-0.2, -0.15) is 0 Å². The molecule has 3 rings (SSSR count). The highest BCUT2D eigenvalue weighted by molar-refractivity contribution is 5.85. The fourth-order valence-corrected chi connectivity index (χ4v) is 3.19. The van der Waals surface area contributed by atoms with Crippen LogP contribution in [0.2, 0.25) is 0 Å². The summed E-state index contributed by atoms with van der Waals surface area (Å²) in [6.45, 7) is 0.0663. The Hall–Kier alpha value is -2.63. The van der Waals surface area contributed by atoms with E-state index in [-0.39, 0.29) is 30.2 Å².